The van der Waals surface area contributed by atoms with Crippen molar-refractivity contribution in [1.82, 2.24) is 20.0 Å². The normalized spacial score (nSPS) is 19.9. The Bertz CT molecular complexity index is 460. The van der Waals surface area contributed by atoms with E-state index in [1.165, 1.54) is 0 Å². The molecule has 0 saturated carbocycles. The summed E-state index contributed by atoms with van der Waals surface area (Å²) >= 11 is 0. The fraction of sp³-hybridized carbons (Fsp3) is 0.769. The molecule has 0 aliphatic carbocycles. The van der Waals surface area contributed by atoms with Crippen LogP contribution < -0.4 is 0 Å². The predicted octanol–water partition coefficient (Wildman–Crippen LogP) is 0.618. The van der Waals surface area contributed by atoms with Gasteiger partial charge in [0, 0.05) is 19.5 Å². The number of amides is 1. The molecular weight excluding hydrogens is 260 g/mol. The molecule has 1 aliphatic rings. The number of aryl methyl sites for hydroxylation is 1. The van der Waals surface area contributed by atoms with Gasteiger partial charge >= 0.3 is 0 Å². The van der Waals surface area contributed by atoms with Gasteiger partial charge in [0.05, 0.1) is 19.8 Å². The van der Waals surface area contributed by atoms with Crippen molar-refractivity contribution in [2.45, 2.75) is 32.9 Å². The summed E-state index contributed by atoms with van der Waals surface area (Å²) in [5.74, 6) is 1.00. The van der Waals surface area contributed by atoms with Crippen LogP contribution in [0.15, 0.2) is 4.42 Å². The molecule has 7 heteroatoms. The number of carbonyl (C=O) groups is 1. The molecule has 20 heavy (non-hydrogen) atoms. The molecule has 2 rings (SSSR count). The Morgan fingerprint density at radius 1 is 1.50 bits per heavy atom. The first-order valence-corrected chi connectivity index (χ1v) is 6.86. The first kappa shape index (κ1) is 14.9. The van der Waals surface area contributed by atoms with Crippen LogP contribution in [0.2, 0.25) is 0 Å². The van der Waals surface area contributed by atoms with Gasteiger partial charge in [-0.05, 0) is 20.9 Å². The smallest absolute Gasteiger partial charge is 0.241 e. The van der Waals surface area contributed by atoms with Gasteiger partial charge in [0.15, 0.2) is 0 Å². The molecule has 1 unspecified atom stereocenters. The standard InChI is InChI=1S/C13H22N4O3/c1-9(2)16(4)7-12(18)17-5-6-19-8-11(17)13-15-14-10(3)20-13/h9,11H,5-8H2,1-4H3. The van der Waals surface area contributed by atoms with E-state index in [4.69, 9.17) is 9.15 Å². The lowest BCUT2D eigenvalue weighted by Crippen LogP contribution is -2.48. The van der Waals surface area contributed by atoms with Crippen LogP contribution in [-0.4, -0.2) is 65.3 Å². The molecule has 0 aromatic carbocycles. The van der Waals surface area contributed by atoms with Crippen molar-refractivity contribution in [1.29, 1.82) is 0 Å². The highest BCUT2D eigenvalue weighted by atomic mass is 16.5. The number of aromatic nitrogens is 2. The zero-order valence-electron chi connectivity index (χ0n) is 12.5. The summed E-state index contributed by atoms with van der Waals surface area (Å²) < 4.78 is 10.9. The maximum absolute atomic E-state index is 12.4. The minimum Gasteiger partial charge on any atom is -0.423 e. The average molecular weight is 282 g/mol. The summed E-state index contributed by atoms with van der Waals surface area (Å²) in [7, 11) is 1.94. The van der Waals surface area contributed by atoms with Crippen LogP contribution in [0.1, 0.15) is 31.7 Å². The molecule has 1 saturated heterocycles. The fourth-order valence-corrected chi connectivity index (χ4v) is 2.04. The molecule has 1 amide bonds. The largest absolute Gasteiger partial charge is 0.423 e. The summed E-state index contributed by atoms with van der Waals surface area (Å²) in [6, 6.07) is 0.0436. The van der Waals surface area contributed by atoms with Crippen LogP contribution in [0.3, 0.4) is 0 Å². The highest BCUT2D eigenvalue weighted by Gasteiger charge is 2.32. The first-order valence-electron chi connectivity index (χ1n) is 6.86. The second kappa shape index (κ2) is 6.32. The van der Waals surface area contributed by atoms with Crippen LogP contribution in [0.4, 0.5) is 0 Å². The molecule has 0 radical (unpaired) electrons. The second-order valence-corrected chi connectivity index (χ2v) is 5.35. The highest BCUT2D eigenvalue weighted by Crippen LogP contribution is 2.23. The molecule has 2 heterocycles. The number of hydrogen-bond acceptors (Lipinski definition) is 6. The summed E-state index contributed by atoms with van der Waals surface area (Å²) in [5, 5.41) is 7.84. The maximum Gasteiger partial charge on any atom is 0.241 e. The first-order chi connectivity index (χ1) is 9.49. The molecule has 0 N–H and O–H groups in total. The van der Waals surface area contributed by atoms with Gasteiger partial charge in [-0.25, -0.2) is 0 Å². The third-order valence-corrected chi connectivity index (χ3v) is 3.54. The van der Waals surface area contributed by atoms with Crippen molar-refractivity contribution in [3.05, 3.63) is 11.8 Å². The predicted molar refractivity (Wildman–Crippen MR) is 72.1 cm³/mol. The van der Waals surface area contributed by atoms with E-state index in [0.29, 0.717) is 44.1 Å². The van der Waals surface area contributed by atoms with Gasteiger partial charge in [-0.3, -0.25) is 9.69 Å². The number of carbonyl (C=O) groups excluding carboxylic acids is 1. The third kappa shape index (κ3) is 3.34. The summed E-state index contributed by atoms with van der Waals surface area (Å²) in [5.41, 5.74) is 0. The van der Waals surface area contributed by atoms with Crippen LogP contribution in [-0.2, 0) is 9.53 Å². The van der Waals surface area contributed by atoms with Gasteiger partial charge in [-0.2, -0.15) is 0 Å². The molecular formula is C13H22N4O3. The Balaban J connectivity index is 2.08. The van der Waals surface area contributed by atoms with E-state index < -0.39 is 0 Å². The SMILES string of the molecule is Cc1nnc(C2COCCN2C(=O)CN(C)C(C)C)o1. The molecule has 1 aromatic heterocycles. The Morgan fingerprint density at radius 2 is 2.25 bits per heavy atom. The monoisotopic (exact) mass is 282 g/mol. The summed E-state index contributed by atoms with van der Waals surface area (Å²) in [6.07, 6.45) is 0. The second-order valence-electron chi connectivity index (χ2n) is 5.35. The minimum atomic E-state index is -0.280. The van der Waals surface area contributed by atoms with Crippen LogP contribution in [0, 0.1) is 6.92 Å². The van der Waals surface area contributed by atoms with Crippen LogP contribution in [0.25, 0.3) is 0 Å². The van der Waals surface area contributed by atoms with Gasteiger partial charge in [0.1, 0.15) is 6.04 Å². The van der Waals surface area contributed by atoms with Crippen molar-refractivity contribution in [2.24, 2.45) is 0 Å². The van der Waals surface area contributed by atoms with Crippen molar-refractivity contribution >= 4 is 5.91 Å². The van der Waals surface area contributed by atoms with E-state index >= 15 is 0 Å². The lowest BCUT2D eigenvalue weighted by atomic mass is 10.2. The van der Waals surface area contributed by atoms with E-state index in [1.807, 2.05) is 11.9 Å². The number of likely N-dealkylation sites (N-methyl/N-ethyl adjacent to an activating group) is 1. The minimum absolute atomic E-state index is 0.0605. The van der Waals surface area contributed by atoms with Crippen LogP contribution in [0.5, 0.6) is 0 Å². The van der Waals surface area contributed by atoms with Crippen LogP contribution >= 0.6 is 0 Å². The number of rotatable bonds is 4. The highest BCUT2D eigenvalue weighted by molar-refractivity contribution is 5.78. The molecule has 1 aliphatic heterocycles. The molecule has 112 valence electrons. The fourth-order valence-electron chi connectivity index (χ4n) is 2.04. The topological polar surface area (TPSA) is 71.7 Å². The van der Waals surface area contributed by atoms with Gasteiger partial charge in [0.2, 0.25) is 17.7 Å². The zero-order valence-corrected chi connectivity index (χ0v) is 12.5. The average Bonchev–Trinajstić information content (AvgIpc) is 2.85. The Labute approximate surface area is 118 Å². The Kier molecular flexibility index (Phi) is 4.72. The molecule has 7 nitrogen and oxygen atoms in total. The number of hydrogen-bond donors (Lipinski definition) is 0. The number of nitrogens with zero attached hydrogens (tertiary/aromatic N) is 4. The van der Waals surface area contributed by atoms with E-state index in [1.54, 1.807) is 11.8 Å². The van der Waals surface area contributed by atoms with Crippen molar-refractivity contribution in [3.63, 3.8) is 0 Å². The molecule has 1 aromatic rings. The summed E-state index contributed by atoms with van der Waals surface area (Å²) in [4.78, 5) is 16.2. The van der Waals surface area contributed by atoms with Crippen molar-refractivity contribution < 1.29 is 13.9 Å². The van der Waals surface area contributed by atoms with Crippen molar-refractivity contribution in [2.75, 3.05) is 33.4 Å². The Morgan fingerprint density at radius 3 is 2.85 bits per heavy atom. The number of ether oxygens (including phenoxy) is 1. The van der Waals surface area contributed by atoms with E-state index in [0.717, 1.165) is 0 Å². The molecule has 1 atom stereocenters. The van der Waals surface area contributed by atoms with Gasteiger partial charge in [0.25, 0.3) is 0 Å². The molecule has 1 fully saturated rings. The Hall–Kier alpha value is -1.47. The number of morpholine rings is 1. The summed E-state index contributed by atoms with van der Waals surface area (Å²) in [6.45, 7) is 7.73. The van der Waals surface area contributed by atoms with E-state index in [2.05, 4.69) is 24.0 Å². The third-order valence-electron chi connectivity index (χ3n) is 3.54. The maximum atomic E-state index is 12.4. The molecule has 0 spiro atoms. The van der Waals surface area contributed by atoms with E-state index in [-0.39, 0.29) is 11.9 Å². The molecule has 0 bridgehead atoms. The van der Waals surface area contributed by atoms with Gasteiger partial charge < -0.3 is 14.1 Å². The van der Waals surface area contributed by atoms with E-state index in [9.17, 15) is 4.79 Å². The quantitative estimate of drug-likeness (QED) is 0.806. The van der Waals surface area contributed by atoms with Gasteiger partial charge in [-0.1, -0.05) is 0 Å². The lowest BCUT2D eigenvalue weighted by molar-refractivity contribution is -0.142. The lowest BCUT2D eigenvalue weighted by Gasteiger charge is -2.35. The zero-order chi connectivity index (χ0) is 14.7. The van der Waals surface area contributed by atoms with Gasteiger partial charge in [-0.15, -0.1) is 10.2 Å². The van der Waals surface area contributed by atoms with Crippen molar-refractivity contribution in [3.8, 4) is 0 Å².